The van der Waals surface area contributed by atoms with Crippen molar-refractivity contribution >= 4 is 39.0 Å². The normalized spacial score (nSPS) is 11.1. The molecule has 27 heavy (non-hydrogen) atoms. The van der Waals surface area contributed by atoms with Gasteiger partial charge in [0.2, 0.25) is 11.5 Å². The molecule has 0 unspecified atom stereocenters. The molecular weight excluding hydrogens is 332 g/mol. The van der Waals surface area contributed by atoms with Crippen LogP contribution < -0.4 is 9.72 Å². The van der Waals surface area contributed by atoms with Crippen LogP contribution in [0.15, 0.2) is 72.8 Å². The molecule has 128 valence electrons. The van der Waals surface area contributed by atoms with E-state index >= 15 is 0 Å². The van der Waals surface area contributed by atoms with Crippen LogP contribution in [0, 0.1) is 18.3 Å². The van der Waals surface area contributed by atoms with Crippen molar-refractivity contribution in [1.29, 1.82) is 5.26 Å². The first kappa shape index (κ1) is 15.4. The summed E-state index contributed by atoms with van der Waals surface area (Å²) in [6.07, 6.45) is 0. The Balaban J connectivity index is 1.75. The number of aromatic nitrogens is 2. The Morgan fingerprint density at radius 1 is 0.926 bits per heavy atom. The number of pyridine rings is 1. The highest BCUT2D eigenvalue weighted by Crippen LogP contribution is 2.24. The lowest BCUT2D eigenvalue weighted by Crippen LogP contribution is -2.26. The number of para-hydroxylation sites is 2. The van der Waals surface area contributed by atoms with Crippen LogP contribution in [0.1, 0.15) is 11.1 Å². The zero-order valence-electron chi connectivity index (χ0n) is 14.8. The third kappa shape index (κ3) is 2.41. The molecule has 0 aliphatic heterocycles. The van der Waals surface area contributed by atoms with E-state index in [4.69, 9.17) is 0 Å². The van der Waals surface area contributed by atoms with Gasteiger partial charge in [0, 0.05) is 6.07 Å². The Kier molecular flexibility index (Phi) is 3.34. The molecule has 4 nitrogen and oxygen atoms in total. The Hall–Kier alpha value is -3.84. The lowest BCUT2D eigenvalue weighted by atomic mass is 10.1. The second-order valence-corrected chi connectivity index (χ2v) is 6.71. The quantitative estimate of drug-likeness (QED) is 0.441. The average molecular weight is 349 g/mol. The standard InChI is InChI=1S/C23H16N4/c1-15-12-22(25-18-11-10-16-6-2-3-7-17(16)13-18)27-21-9-5-4-8-20(21)26-23(27)19(15)14-24/h2-13H,1H3,(H,25,26)/p+1. The molecule has 3 aromatic carbocycles. The highest BCUT2D eigenvalue weighted by Gasteiger charge is 2.20. The van der Waals surface area contributed by atoms with Gasteiger partial charge in [-0.2, -0.15) is 9.66 Å². The molecule has 5 rings (SSSR count). The Morgan fingerprint density at radius 2 is 1.70 bits per heavy atom. The van der Waals surface area contributed by atoms with Crippen LogP contribution in [0.2, 0.25) is 0 Å². The zero-order chi connectivity index (χ0) is 18.4. The summed E-state index contributed by atoms with van der Waals surface area (Å²) in [5.41, 5.74) is 5.45. The molecule has 2 N–H and O–H groups in total. The van der Waals surface area contributed by atoms with E-state index in [9.17, 15) is 5.26 Å². The van der Waals surface area contributed by atoms with Crippen molar-refractivity contribution in [2.24, 2.45) is 0 Å². The van der Waals surface area contributed by atoms with Crippen LogP contribution >= 0.6 is 0 Å². The molecule has 4 heteroatoms. The van der Waals surface area contributed by atoms with E-state index in [2.05, 4.69) is 57.2 Å². The number of imidazole rings is 1. The van der Waals surface area contributed by atoms with E-state index in [1.807, 2.05) is 43.3 Å². The number of anilines is 2. The van der Waals surface area contributed by atoms with Crippen LogP contribution in [-0.2, 0) is 0 Å². The van der Waals surface area contributed by atoms with Crippen molar-refractivity contribution in [3.05, 3.63) is 83.9 Å². The third-order valence-electron chi connectivity index (χ3n) is 4.98. The molecule has 0 atom stereocenters. The minimum absolute atomic E-state index is 0.662. The second kappa shape index (κ2) is 5.86. The number of H-pyrrole nitrogens is 1. The lowest BCUT2D eigenvalue weighted by Gasteiger charge is -2.07. The number of fused-ring (bicyclic) bond motifs is 4. The highest BCUT2D eigenvalue weighted by atomic mass is 15.1. The molecule has 0 bridgehead atoms. The van der Waals surface area contributed by atoms with Gasteiger partial charge in [0.05, 0.1) is 5.69 Å². The first-order chi connectivity index (χ1) is 13.2. The van der Waals surface area contributed by atoms with E-state index in [0.717, 1.165) is 33.7 Å². The maximum absolute atomic E-state index is 9.64. The van der Waals surface area contributed by atoms with Gasteiger partial charge in [0.25, 0.3) is 0 Å². The number of benzene rings is 3. The number of nitrogens with one attached hydrogen (secondary N) is 2. The SMILES string of the molecule is Cc1cc(Nc2ccc3ccccc3c2)[n+]2c([nH]c3ccccc32)c1C#N. The van der Waals surface area contributed by atoms with Gasteiger partial charge in [0.15, 0.2) is 0 Å². The van der Waals surface area contributed by atoms with Crippen molar-refractivity contribution in [3.8, 4) is 6.07 Å². The van der Waals surface area contributed by atoms with Crippen molar-refractivity contribution in [2.75, 3.05) is 5.32 Å². The fourth-order valence-corrected chi connectivity index (χ4v) is 3.68. The number of nitrogens with zero attached hydrogens (tertiary/aromatic N) is 2. The van der Waals surface area contributed by atoms with Gasteiger partial charge < -0.3 is 0 Å². The van der Waals surface area contributed by atoms with Crippen LogP contribution in [0.25, 0.3) is 27.5 Å². The largest absolute Gasteiger partial charge is 0.273 e. The first-order valence-electron chi connectivity index (χ1n) is 8.86. The van der Waals surface area contributed by atoms with Crippen molar-refractivity contribution in [2.45, 2.75) is 6.92 Å². The predicted molar refractivity (Wildman–Crippen MR) is 108 cm³/mol. The van der Waals surface area contributed by atoms with Crippen LogP contribution in [-0.4, -0.2) is 4.98 Å². The molecule has 0 radical (unpaired) electrons. The Labute approximate surface area is 156 Å². The van der Waals surface area contributed by atoms with E-state index in [1.54, 1.807) is 0 Å². The average Bonchev–Trinajstić information content (AvgIpc) is 3.07. The van der Waals surface area contributed by atoms with Crippen LogP contribution in [0.4, 0.5) is 11.5 Å². The molecule has 2 heterocycles. The van der Waals surface area contributed by atoms with E-state index in [1.165, 1.54) is 10.8 Å². The maximum Gasteiger partial charge on any atom is 0.250 e. The van der Waals surface area contributed by atoms with Crippen molar-refractivity contribution < 1.29 is 4.40 Å². The Bertz CT molecular complexity index is 1370. The topological polar surface area (TPSA) is 55.7 Å². The smallest absolute Gasteiger partial charge is 0.250 e. The highest BCUT2D eigenvalue weighted by molar-refractivity contribution is 5.86. The summed E-state index contributed by atoms with van der Waals surface area (Å²) < 4.78 is 2.08. The predicted octanol–water partition coefficient (Wildman–Crippen LogP) is 4.98. The summed E-state index contributed by atoms with van der Waals surface area (Å²) in [4.78, 5) is 3.39. The second-order valence-electron chi connectivity index (χ2n) is 6.71. The molecule has 0 spiro atoms. The zero-order valence-corrected chi connectivity index (χ0v) is 14.8. The van der Waals surface area contributed by atoms with Crippen LogP contribution in [0.5, 0.6) is 0 Å². The van der Waals surface area contributed by atoms with Gasteiger partial charge in [-0.25, -0.2) is 0 Å². The monoisotopic (exact) mass is 349 g/mol. The van der Waals surface area contributed by atoms with E-state index < -0.39 is 0 Å². The minimum Gasteiger partial charge on any atom is -0.273 e. The first-order valence-corrected chi connectivity index (χ1v) is 8.86. The molecular formula is C23H17N4+. The van der Waals surface area contributed by atoms with Gasteiger partial charge in [-0.1, -0.05) is 42.5 Å². The summed E-state index contributed by atoms with van der Waals surface area (Å²) in [5, 5.41) is 15.6. The minimum atomic E-state index is 0.662. The van der Waals surface area contributed by atoms with Gasteiger partial charge in [-0.3, -0.25) is 10.3 Å². The molecule has 2 aromatic heterocycles. The molecule has 0 aliphatic rings. The van der Waals surface area contributed by atoms with Gasteiger partial charge in [-0.05, 0) is 47.5 Å². The fourth-order valence-electron chi connectivity index (χ4n) is 3.68. The number of hydrogen-bond acceptors (Lipinski definition) is 2. The summed E-state index contributed by atoms with van der Waals surface area (Å²) in [6, 6.07) is 27.1. The summed E-state index contributed by atoms with van der Waals surface area (Å²) in [7, 11) is 0. The van der Waals surface area contributed by atoms with E-state index in [-0.39, 0.29) is 0 Å². The number of aromatic amines is 1. The number of nitriles is 1. The third-order valence-corrected chi connectivity index (χ3v) is 4.98. The Morgan fingerprint density at radius 3 is 2.56 bits per heavy atom. The molecule has 0 saturated carbocycles. The number of rotatable bonds is 2. The fraction of sp³-hybridized carbons (Fsp3) is 0.0435. The molecule has 0 fully saturated rings. The number of hydrogen-bond donors (Lipinski definition) is 2. The van der Waals surface area contributed by atoms with Gasteiger partial charge >= 0.3 is 0 Å². The van der Waals surface area contributed by atoms with Gasteiger partial charge in [-0.15, -0.1) is 0 Å². The molecule has 0 saturated heterocycles. The van der Waals surface area contributed by atoms with Crippen molar-refractivity contribution in [1.82, 2.24) is 4.98 Å². The maximum atomic E-state index is 9.64. The number of aryl methyl sites for hydroxylation is 1. The summed E-state index contributed by atoms with van der Waals surface area (Å²) in [5.74, 6) is 0.925. The molecule has 0 amide bonds. The van der Waals surface area contributed by atoms with Crippen LogP contribution in [0.3, 0.4) is 0 Å². The molecule has 5 aromatic rings. The lowest BCUT2D eigenvalue weighted by molar-refractivity contribution is -0.464. The van der Waals surface area contributed by atoms with Crippen molar-refractivity contribution in [3.63, 3.8) is 0 Å². The molecule has 0 aliphatic carbocycles. The summed E-state index contributed by atoms with van der Waals surface area (Å²) >= 11 is 0. The summed E-state index contributed by atoms with van der Waals surface area (Å²) in [6.45, 7) is 1.97. The van der Waals surface area contributed by atoms with E-state index in [0.29, 0.717) is 5.56 Å². The van der Waals surface area contributed by atoms with Gasteiger partial charge in [0.1, 0.15) is 22.7 Å².